The van der Waals surface area contributed by atoms with Crippen LogP contribution in [0.5, 0.6) is 0 Å². The number of nitrogens with two attached hydrogens (primary N) is 1. The SMILES string of the molecule is Cc1ccccc1CCNS(=O)(=O)c1cc(CN)n(C)c1. The summed E-state index contributed by atoms with van der Waals surface area (Å²) in [6.07, 6.45) is 2.25. The van der Waals surface area contributed by atoms with Gasteiger partial charge in [0.25, 0.3) is 0 Å². The van der Waals surface area contributed by atoms with Crippen molar-refractivity contribution in [1.82, 2.24) is 9.29 Å². The van der Waals surface area contributed by atoms with Crippen LogP contribution in [0, 0.1) is 6.92 Å². The third-order valence-electron chi connectivity index (χ3n) is 3.55. The highest BCUT2D eigenvalue weighted by Gasteiger charge is 2.16. The van der Waals surface area contributed by atoms with E-state index in [1.54, 1.807) is 23.9 Å². The van der Waals surface area contributed by atoms with Crippen LogP contribution in [0.4, 0.5) is 0 Å². The minimum atomic E-state index is -3.48. The van der Waals surface area contributed by atoms with Crippen molar-refractivity contribution in [3.8, 4) is 0 Å². The van der Waals surface area contributed by atoms with Crippen LogP contribution in [0.1, 0.15) is 16.8 Å². The number of nitrogens with one attached hydrogen (secondary N) is 1. The quantitative estimate of drug-likeness (QED) is 0.845. The second kappa shape index (κ2) is 6.43. The van der Waals surface area contributed by atoms with Crippen molar-refractivity contribution >= 4 is 10.0 Å². The van der Waals surface area contributed by atoms with Crippen molar-refractivity contribution in [2.24, 2.45) is 12.8 Å². The normalized spacial score (nSPS) is 11.8. The number of nitrogens with zero attached hydrogens (tertiary/aromatic N) is 1. The lowest BCUT2D eigenvalue weighted by molar-refractivity contribution is 0.581. The Morgan fingerprint density at radius 2 is 2.00 bits per heavy atom. The van der Waals surface area contributed by atoms with E-state index in [0.29, 0.717) is 19.5 Å². The van der Waals surface area contributed by atoms with Gasteiger partial charge in [-0.05, 0) is 30.5 Å². The number of aryl methyl sites for hydroxylation is 2. The van der Waals surface area contributed by atoms with E-state index >= 15 is 0 Å². The largest absolute Gasteiger partial charge is 0.352 e. The Morgan fingerprint density at radius 1 is 1.29 bits per heavy atom. The molecule has 0 aliphatic rings. The summed E-state index contributed by atoms with van der Waals surface area (Å²) in [5, 5.41) is 0. The molecule has 3 N–H and O–H groups in total. The minimum absolute atomic E-state index is 0.259. The lowest BCUT2D eigenvalue weighted by atomic mass is 10.1. The second-order valence-corrected chi connectivity index (χ2v) is 6.82. The van der Waals surface area contributed by atoms with Gasteiger partial charge in [0.05, 0.1) is 4.90 Å². The Balaban J connectivity index is 2.03. The van der Waals surface area contributed by atoms with Gasteiger partial charge < -0.3 is 10.3 Å². The van der Waals surface area contributed by atoms with Crippen molar-refractivity contribution in [3.05, 3.63) is 53.3 Å². The number of hydrogen-bond donors (Lipinski definition) is 2. The lowest BCUT2D eigenvalue weighted by Gasteiger charge is -2.07. The van der Waals surface area contributed by atoms with Gasteiger partial charge in [-0.2, -0.15) is 0 Å². The second-order valence-electron chi connectivity index (χ2n) is 5.06. The number of sulfonamides is 1. The van der Waals surface area contributed by atoms with Crippen molar-refractivity contribution in [2.45, 2.75) is 24.8 Å². The van der Waals surface area contributed by atoms with Crippen LogP contribution in [-0.4, -0.2) is 19.5 Å². The molecule has 0 amide bonds. The van der Waals surface area contributed by atoms with Gasteiger partial charge in [0.2, 0.25) is 10.0 Å². The number of rotatable bonds is 6. The molecule has 0 aliphatic heterocycles. The molecule has 1 heterocycles. The van der Waals surface area contributed by atoms with Crippen LogP contribution in [0.3, 0.4) is 0 Å². The molecule has 0 bridgehead atoms. The average Bonchev–Trinajstić information content (AvgIpc) is 2.83. The average molecular weight is 307 g/mol. The van der Waals surface area contributed by atoms with Gasteiger partial charge in [0, 0.05) is 32.0 Å². The molecule has 0 atom stereocenters. The molecule has 1 aromatic heterocycles. The van der Waals surface area contributed by atoms with Gasteiger partial charge in [-0.3, -0.25) is 0 Å². The molecular weight excluding hydrogens is 286 g/mol. The van der Waals surface area contributed by atoms with E-state index in [9.17, 15) is 8.42 Å². The zero-order valence-electron chi connectivity index (χ0n) is 12.3. The van der Waals surface area contributed by atoms with Crippen LogP contribution in [-0.2, 0) is 30.0 Å². The Morgan fingerprint density at radius 3 is 2.62 bits per heavy atom. The molecule has 6 heteroatoms. The summed E-state index contributed by atoms with van der Waals surface area (Å²) >= 11 is 0. The molecule has 114 valence electrons. The fourth-order valence-electron chi connectivity index (χ4n) is 2.22. The number of hydrogen-bond acceptors (Lipinski definition) is 3. The van der Waals surface area contributed by atoms with E-state index in [1.807, 2.05) is 31.2 Å². The highest BCUT2D eigenvalue weighted by molar-refractivity contribution is 7.89. The molecule has 2 aromatic rings. The third-order valence-corrected chi connectivity index (χ3v) is 4.98. The third kappa shape index (κ3) is 3.72. The number of benzene rings is 1. The molecule has 1 aromatic carbocycles. The minimum Gasteiger partial charge on any atom is -0.352 e. The van der Waals surface area contributed by atoms with Crippen molar-refractivity contribution in [2.75, 3.05) is 6.54 Å². The molecule has 0 radical (unpaired) electrons. The summed E-state index contributed by atoms with van der Waals surface area (Å²) in [5.74, 6) is 0. The maximum absolute atomic E-state index is 12.2. The van der Waals surface area contributed by atoms with Gasteiger partial charge in [0.15, 0.2) is 0 Å². The van der Waals surface area contributed by atoms with Crippen molar-refractivity contribution < 1.29 is 8.42 Å². The summed E-state index contributed by atoms with van der Waals surface area (Å²) in [6.45, 7) is 2.71. The molecule has 0 fully saturated rings. The molecule has 0 aliphatic carbocycles. The van der Waals surface area contributed by atoms with Crippen molar-refractivity contribution in [3.63, 3.8) is 0 Å². The van der Waals surface area contributed by atoms with Gasteiger partial charge in [0.1, 0.15) is 0 Å². The van der Waals surface area contributed by atoms with Crippen LogP contribution in [0.15, 0.2) is 41.4 Å². The first-order valence-corrected chi connectivity index (χ1v) is 8.32. The van der Waals surface area contributed by atoms with E-state index in [0.717, 1.165) is 11.3 Å². The van der Waals surface area contributed by atoms with Gasteiger partial charge in [-0.15, -0.1) is 0 Å². The first kappa shape index (κ1) is 15.8. The van der Waals surface area contributed by atoms with Crippen molar-refractivity contribution in [1.29, 1.82) is 0 Å². The summed E-state index contributed by atoms with van der Waals surface area (Å²) < 4.78 is 28.8. The molecule has 0 spiro atoms. The predicted octanol–water partition coefficient (Wildman–Crippen LogP) is 1.31. The van der Waals surface area contributed by atoms with E-state index in [1.165, 1.54) is 5.56 Å². The van der Waals surface area contributed by atoms with Gasteiger partial charge in [-0.1, -0.05) is 24.3 Å². The zero-order valence-corrected chi connectivity index (χ0v) is 13.2. The molecule has 0 unspecified atom stereocenters. The molecule has 0 saturated heterocycles. The first-order chi connectivity index (χ1) is 9.94. The van der Waals surface area contributed by atoms with E-state index in [2.05, 4.69) is 4.72 Å². The van der Waals surface area contributed by atoms with E-state index < -0.39 is 10.0 Å². The molecule has 0 saturated carbocycles. The summed E-state index contributed by atoms with van der Waals surface area (Å²) in [4.78, 5) is 0.259. The van der Waals surface area contributed by atoms with Crippen LogP contribution < -0.4 is 10.5 Å². The lowest BCUT2D eigenvalue weighted by Crippen LogP contribution is -2.25. The maximum Gasteiger partial charge on any atom is 0.242 e. The summed E-state index contributed by atoms with van der Waals surface area (Å²) in [5.41, 5.74) is 8.67. The molecule has 5 nitrogen and oxygen atoms in total. The van der Waals surface area contributed by atoms with Crippen LogP contribution in [0.25, 0.3) is 0 Å². The zero-order chi connectivity index (χ0) is 15.5. The molecule has 21 heavy (non-hydrogen) atoms. The Hall–Kier alpha value is -1.63. The summed E-state index contributed by atoms with van der Waals surface area (Å²) in [6, 6.07) is 9.58. The van der Waals surface area contributed by atoms with Crippen LogP contribution in [0.2, 0.25) is 0 Å². The Bertz CT molecular complexity index is 720. The highest BCUT2D eigenvalue weighted by Crippen LogP contribution is 2.13. The molecule has 2 rings (SSSR count). The molecular formula is C15H21N3O2S. The monoisotopic (exact) mass is 307 g/mol. The first-order valence-electron chi connectivity index (χ1n) is 6.83. The Kier molecular flexibility index (Phi) is 4.82. The standard InChI is InChI=1S/C15H21N3O2S/c1-12-5-3-4-6-13(12)7-8-17-21(19,20)15-9-14(10-16)18(2)11-15/h3-6,9,11,17H,7-8,10,16H2,1-2H3. The van der Waals surface area contributed by atoms with Gasteiger partial charge in [-0.25, -0.2) is 13.1 Å². The fraction of sp³-hybridized carbons (Fsp3) is 0.333. The smallest absolute Gasteiger partial charge is 0.242 e. The van der Waals surface area contributed by atoms with E-state index in [4.69, 9.17) is 5.73 Å². The van der Waals surface area contributed by atoms with E-state index in [-0.39, 0.29) is 4.90 Å². The Labute approximate surface area is 125 Å². The topological polar surface area (TPSA) is 77.1 Å². The maximum atomic E-state index is 12.2. The number of aromatic nitrogens is 1. The fourth-order valence-corrected chi connectivity index (χ4v) is 3.35. The predicted molar refractivity (Wildman–Crippen MR) is 83.4 cm³/mol. The highest BCUT2D eigenvalue weighted by atomic mass is 32.2. The summed E-state index contributed by atoms with van der Waals surface area (Å²) in [7, 11) is -1.70. The van der Waals surface area contributed by atoms with Crippen LogP contribution >= 0.6 is 0 Å². The van der Waals surface area contributed by atoms with Gasteiger partial charge >= 0.3 is 0 Å².